The van der Waals surface area contributed by atoms with Crippen molar-refractivity contribution in [2.45, 2.75) is 88.7 Å². The van der Waals surface area contributed by atoms with Crippen molar-refractivity contribution >= 4 is 35.3 Å². The third-order valence-corrected chi connectivity index (χ3v) is 9.38. The number of ether oxygens (including phenoxy) is 5. The molecule has 0 aliphatic carbocycles. The molecule has 2 unspecified atom stereocenters. The lowest BCUT2D eigenvalue weighted by Gasteiger charge is -2.42. The first-order valence-corrected chi connectivity index (χ1v) is 15.3. The summed E-state index contributed by atoms with van der Waals surface area (Å²) in [5.41, 5.74) is -0.646. The molecule has 2 amide bonds. The molecule has 3 aliphatic heterocycles. The number of likely N-dealkylation sites (N-methyl/N-ethyl adjacent to an activating group) is 1. The van der Waals surface area contributed by atoms with Crippen molar-refractivity contribution in [3.05, 3.63) is 46.5 Å². The molecule has 45 heavy (non-hydrogen) atoms. The molecule has 8 atom stereocenters. The molecular formula is C32H44ClN3O9. The second kappa shape index (κ2) is 13.7. The molecule has 4 rings (SSSR count). The van der Waals surface area contributed by atoms with Crippen LogP contribution in [0.1, 0.15) is 46.1 Å². The first kappa shape index (κ1) is 34.7. The van der Waals surface area contributed by atoms with Crippen LogP contribution in [-0.4, -0.2) is 93.2 Å². The number of epoxide rings is 1. The van der Waals surface area contributed by atoms with Crippen LogP contribution in [-0.2, 0) is 35.0 Å². The van der Waals surface area contributed by atoms with Crippen molar-refractivity contribution in [2.24, 2.45) is 5.92 Å². The van der Waals surface area contributed by atoms with Crippen molar-refractivity contribution in [3.63, 3.8) is 0 Å². The molecule has 3 N–H and O–H groups in total. The third-order valence-electron chi connectivity index (χ3n) is 9.00. The number of allylic oxidation sites excluding steroid dienone is 3. The maximum absolute atomic E-state index is 13.8. The molecule has 0 radical (unpaired) electrons. The van der Waals surface area contributed by atoms with E-state index in [1.807, 2.05) is 26.0 Å². The van der Waals surface area contributed by atoms with Crippen molar-refractivity contribution in [1.29, 1.82) is 0 Å². The van der Waals surface area contributed by atoms with Gasteiger partial charge >= 0.3 is 12.1 Å². The molecule has 4 bridgehead atoms. The van der Waals surface area contributed by atoms with Gasteiger partial charge in [0.15, 0.2) is 5.72 Å². The standard InChI is InChI=1S/C32H44ClN3O9/c1-17-10-9-11-24(42-8)32(40)16-23(43-30(39)35-32)18(2)28-31(4,45-28)25(44-29(38)19(3)34-5)15-26(37)36(6)21-13-20(12-17)14-22(41-7)27(21)33/h9-11,13-14,18-19,23-25,28,34,40H,12,15-16H2,1-8H3,(H,35,39)/b11-9+,17-10+/t18-,19+,23+,24-,25+,28?,31?,32+/m1/s1. The van der Waals surface area contributed by atoms with Gasteiger partial charge in [-0.15, -0.1) is 0 Å². The van der Waals surface area contributed by atoms with Crippen molar-refractivity contribution in [1.82, 2.24) is 10.6 Å². The second-order valence-electron chi connectivity index (χ2n) is 12.2. The number of anilines is 1. The Morgan fingerprint density at radius 3 is 2.64 bits per heavy atom. The van der Waals surface area contributed by atoms with Gasteiger partial charge in [0.2, 0.25) is 5.91 Å². The largest absolute Gasteiger partial charge is 0.495 e. The monoisotopic (exact) mass is 649 g/mol. The Bertz CT molecular complexity index is 1370. The number of hydrogen-bond donors (Lipinski definition) is 3. The Morgan fingerprint density at radius 1 is 1.29 bits per heavy atom. The zero-order valence-electron chi connectivity index (χ0n) is 27.0. The summed E-state index contributed by atoms with van der Waals surface area (Å²) in [6.45, 7) is 7.17. The topological polar surface area (TPSA) is 148 Å². The van der Waals surface area contributed by atoms with Crippen molar-refractivity contribution < 1.29 is 43.2 Å². The second-order valence-corrected chi connectivity index (χ2v) is 12.6. The smallest absolute Gasteiger partial charge is 0.409 e. The number of nitrogens with one attached hydrogen (secondary N) is 2. The number of rotatable bonds is 5. The number of methoxy groups -OCH3 is 2. The minimum absolute atomic E-state index is 0.00553. The number of fused-ring (bicyclic) bond motifs is 5. The number of alkyl carbamates (subject to hydrolysis) is 1. The molecule has 13 heteroatoms. The van der Waals surface area contributed by atoms with Crippen LogP contribution >= 0.6 is 11.6 Å². The Morgan fingerprint density at radius 2 is 2.00 bits per heavy atom. The maximum atomic E-state index is 13.8. The van der Waals surface area contributed by atoms with Crippen molar-refractivity contribution in [2.75, 3.05) is 33.2 Å². The highest BCUT2D eigenvalue weighted by Gasteiger charge is 2.64. The number of benzene rings is 1. The SMILES string of the molecule is CN[C@@H](C)C(=O)O[C@H]1CC(=O)N(C)c2cc(cc(OC)c2Cl)C/C(C)=C/C=C/[C@@H](OC)[C@@]2(O)C[C@H](OC(=O)N2)[C@@H](C)C2OC21C. The van der Waals surface area contributed by atoms with Gasteiger partial charge in [-0.1, -0.05) is 42.3 Å². The lowest BCUT2D eigenvalue weighted by atomic mass is 9.83. The normalized spacial score (nSPS) is 34.8. The van der Waals surface area contributed by atoms with E-state index in [9.17, 15) is 19.5 Å². The number of amides is 2. The highest BCUT2D eigenvalue weighted by Crippen LogP contribution is 2.49. The van der Waals surface area contributed by atoms with E-state index in [4.69, 9.17) is 35.3 Å². The molecule has 0 saturated carbocycles. The Kier molecular flexibility index (Phi) is 10.6. The van der Waals surface area contributed by atoms with Crippen LogP contribution in [0.15, 0.2) is 35.9 Å². The Balaban J connectivity index is 1.80. The zero-order chi connectivity index (χ0) is 33.3. The van der Waals surface area contributed by atoms with Gasteiger partial charge in [0.05, 0.1) is 25.3 Å². The van der Waals surface area contributed by atoms with E-state index in [-0.39, 0.29) is 23.8 Å². The van der Waals surface area contributed by atoms with Gasteiger partial charge in [0, 0.05) is 26.5 Å². The first-order valence-electron chi connectivity index (χ1n) is 14.9. The molecule has 3 heterocycles. The molecule has 1 aromatic carbocycles. The van der Waals surface area contributed by atoms with Crippen LogP contribution in [0.5, 0.6) is 5.75 Å². The summed E-state index contributed by atoms with van der Waals surface area (Å²) in [5.74, 6) is -0.974. The van der Waals surface area contributed by atoms with Gasteiger partial charge < -0.3 is 39.0 Å². The molecule has 2 saturated heterocycles. The maximum Gasteiger partial charge on any atom is 0.409 e. The fraction of sp³-hybridized carbons (Fsp3) is 0.594. The minimum atomic E-state index is -1.78. The lowest BCUT2D eigenvalue weighted by Crippen LogP contribution is -2.63. The summed E-state index contributed by atoms with van der Waals surface area (Å²) in [4.78, 5) is 40.9. The number of nitrogens with zero attached hydrogens (tertiary/aromatic N) is 1. The summed E-state index contributed by atoms with van der Waals surface area (Å²) in [7, 11) is 6.18. The highest BCUT2D eigenvalue weighted by molar-refractivity contribution is 6.35. The quantitative estimate of drug-likeness (QED) is 0.321. The summed E-state index contributed by atoms with van der Waals surface area (Å²) in [5, 5.41) is 17.2. The lowest BCUT2D eigenvalue weighted by molar-refractivity contribution is -0.155. The van der Waals surface area contributed by atoms with Gasteiger partial charge in [-0.2, -0.15) is 0 Å². The first-order chi connectivity index (χ1) is 21.2. The van der Waals surface area contributed by atoms with Gasteiger partial charge in [-0.3, -0.25) is 14.9 Å². The van der Waals surface area contributed by atoms with E-state index in [0.717, 1.165) is 11.1 Å². The van der Waals surface area contributed by atoms with Gasteiger partial charge in [0.1, 0.15) is 40.7 Å². The molecule has 12 nitrogen and oxygen atoms in total. The third kappa shape index (κ3) is 7.30. The molecule has 1 aromatic rings. The van der Waals surface area contributed by atoms with Crippen LogP contribution < -0.4 is 20.3 Å². The number of aliphatic hydroxyl groups is 1. The van der Waals surface area contributed by atoms with Crippen LogP contribution in [0.25, 0.3) is 0 Å². The molecule has 0 spiro atoms. The van der Waals surface area contributed by atoms with E-state index in [2.05, 4.69) is 10.6 Å². The molecule has 3 aliphatic rings. The van der Waals surface area contributed by atoms with Crippen LogP contribution in [0, 0.1) is 5.92 Å². The summed E-state index contributed by atoms with van der Waals surface area (Å²) in [6.07, 6.45) is 1.52. The predicted molar refractivity (Wildman–Crippen MR) is 167 cm³/mol. The van der Waals surface area contributed by atoms with Gasteiger partial charge in [-0.05, 0) is 51.9 Å². The zero-order valence-corrected chi connectivity index (χ0v) is 27.8. The summed E-state index contributed by atoms with van der Waals surface area (Å²) < 4.78 is 28.8. The van der Waals surface area contributed by atoms with E-state index in [1.165, 1.54) is 19.1 Å². The summed E-state index contributed by atoms with van der Waals surface area (Å²) in [6, 6.07) is 2.99. The fourth-order valence-corrected chi connectivity index (χ4v) is 6.28. The van der Waals surface area contributed by atoms with E-state index < -0.39 is 59.8 Å². The summed E-state index contributed by atoms with van der Waals surface area (Å²) >= 11 is 6.69. The Labute approximate surface area is 269 Å². The average molecular weight is 650 g/mol. The molecule has 248 valence electrons. The fourth-order valence-electron chi connectivity index (χ4n) is 5.97. The van der Waals surface area contributed by atoms with Gasteiger partial charge in [0.25, 0.3) is 0 Å². The number of halogens is 1. The van der Waals surface area contributed by atoms with Gasteiger partial charge in [-0.25, -0.2) is 4.79 Å². The van der Waals surface area contributed by atoms with E-state index in [1.54, 1.807) is 46.2 Å². The van der Waals surface area contributed by atoms with E-state index >= 15 is 0 Å². The number of esters is 1. The van der Waals surface area contributed by atoms with Crippen LogP contribution in [0.2, 0.25) is 5.02 Å². The number of carbonyl (C=O) groups is 3. The predicted octanol–water partition coefficient (Wildman–Crippen LogP) is 3.28. The van der Waals surface area contributed by atoms with E-state index in [0.29, 0.717) is 17.9 Å². The molecule has 2 fully saturated rings. The number of hydrogen-bond acceptors (Lipinski definition) is 10. The number of carbonyl (C=O) groups excluding carboxylic acids is 3. The Hall–Kier alpha value is -3.16. The van der Waals surface area contributed by atoms with Crippen molar-refractivity contribution in [3.8, 4) is 5.75 Å². The van der Waals surface area contributed by atoms with Crippen LogP contribution in [0.3, 0.4) is 0 Å². The molecule has 0 aromatic heterocycles. The minimum Gasteiger partial charge on any atom is -0.495 e. The van der Waals surface area contributed by atoms with Crippen LogP contribution in [0.4, 0.5) is 10.5 Å². The average Bonchev–Trinajstić information content (AvgIpc) is 3.69. The highest BCUT2D eigenvalue weighted by atomic mass is 35.5. The molecular weight excluding hydrogens is 606 g/mol.